The molecule has 0 bridgehead atoms. The fourth-order valence-corrected chi connectivity index (χ4v) is 2.29. The molecular formula is C15H15ClINO2. The zero-order valence-electron chi connectivity index (χ0n) is 10.7. The van der Waals surface area contributed by atoms with Crippen molar-refractivity contribution in [1.29, 1.82) is 0 Å². The van der Waals surface area contributed by atoms with Gasteiger partial charge in [-0.25, -0.2) is 0 Å². The highest BCUT2D eigenvalue weighted by Crippen LogP contribution is 2.16. The minimum atomic E-state index is -0.580. The maximum atomic E-state index is 9.88. The van der Waals surface area contributed by atoms with Crippen LogP contribution < -0.4 is 10.1 Å². The molecule has 3 nitrogen and oxygen atoms in total. The first kappa shape index (κ1) is 15.4. The van der Waals surface area contributed by atoms with Crippen LogP contribution in [0.1, 0.15) is 0 Å². The predicted molar refractivity (Wildman–Crippen MR) is 90.6 cm³/mol. The second-order valence-corrected chi connectivity index (χ2v) is 5.99. The molecule has 0 aliphatic rings. The highest BCUT2D eigenvalue weighted by Gasteiger charge is 2.05. The molecule has 106 valence electrons. The molecule has 0 amide bonds. The smallest absolute Gasteiger partial charge is 0.119 e. The Balaban J connectivity index is 1.75. The van der Waals surface area contributed by atoms with Gasteiger partial charge >= 0.3 is 0 Å². The predicted octanol–water partition coefficient (Wildman–Crippen LogP) is 3.80. The summed E-state index contributed by atoms with van der Waals surface area (Å²) in [4.78, 5) is 0. The van der Waals surface area contributed by atoms with Crippen LogP contribution >= 0.6 is 34.2 Å². The second kappa shape index (κ2) is 7.71. The lowest BCUT2D eigenvalue weighted by atomic mass is 10.3. The maximum Gasteiger partial charge on any atom is 0.119 e. The number of aliphatic hydroxyl groups excluding tert-OH is 1. The van der Waals surface area contributed by atoms with Crippen LogP contribution in [0.25, 0.3) is 0 Å². The Kier molecular flexibility index (Phi) is 5.94. The number of halogens is 2. The summed E-state index contributed by atoms with van der Waals surface area (Å²) in [5, 5.41) is 13.7. The van der Waals surface area contributed by atoms with E-state index >= 15 is 0 Å². The van der Waals surface area contributed by atoms with Crippen molar-refractivity contribution in [3.8, 4) is 5.75 Å². The summed E-state index contributed by atoms with van der Waals surface area (Å²) >= 11 is 8.04. The van der Waals surface area contributed by atoms with Gasteiger partial charge in [0.2, 0.25) is 0 Å². The Morgan fingerprint density at radius 3 is 2.65 bits per heavy atom. The molecule has 0 radical (unpaired) electrons. The molecular weight excluding hydrogens is 389 g/mol. The van der Waals surface area contributed by atoms with Crippen LogP contribution in [0.5, 0.6) is 5.75 Å². The molecule has 0 saturated carbocycles. The van der Waals surface area contributed by atoms with Gasteiger partial charge in [0.05, 0.1) is 0 Å². The molecule has 0 aliphatic heterocycles. The largest absolute Gasteiger partial charge is 0.491 e. The average molecular weight is 404 g/mol. The summed E-state index contributed by atoms with van der Waals surface area (Å²) in [6.45, 7) is 0.673. The quantitative estimate of drug-likeness (QED) is 0.721. The summed E-state index contributed by atoms with van der Waals surface area (Å²) in [6.07, 6.45) is -0.580. The van der Waals surface area contributed by atoms with Gasteiger partial charge in [-0.2, -0.15) is 0 Å². The summed E-state index contributed by atoms with van der Waals surface area (Å²) in [5.41, 5.74) is 0.988. The Morgan fingerprint density at radius 1 is 1.20 bits per heavy atom. The molecule has 2 rings (SSSR count). The second-order valence-electron chi connectivity index (χ2n) is 4.31. The van der Waals surface area contributed by atoms with Crippen LogP contribution in [0.3, 0.4) is 0 Å². The van der Waals surface area contributed by atoms with E-state index in [0.717, 1.165) is 9.26 Å². The van der Waals surface area contributed by atoms with E-state index in [1.54, 1.807) is 24.3 Å². The van der Waals surface area contributed by atoms with Gasteiger partial charge in [-0.1, -0.05) is 17.7 Å². The van der Waals surface area contributed by atoms with Crippen LogP contribution in [0.2, 0.25) is 5.02 Å². The molecule has 20 heavy (non-hydrogen) atoms. The number of ether oxygens (including phenoxy) is 1. The van der Waals surface area contributed by atoms with Gasteiger partial charge in [0, 0.05) is 20.8 Å². The van der Waals surface area contributed by atoms with E-state index in [0.29, 0.717) is 17.3 Å². The van der Waals surface area contributed by atoms with E-state index < -0.39 is 6.10 Å². The zero-order chi connectivity index (χ0) is 14.4. The van der Waals surface area contributed by atoms with Crippen LogP contribution in [0.4, 0.5) is 5.69 Å². The molecule has 0 saturated heterocycles. The van der Waals surface area contributed by atoms with Crippen LogP contribution in [0, 0.1) is 3.57 Å². The van der Waals surface area contributed by atoms with Crippen molar-refractivity contribution in [2.45, 2.75) is 6.10 Å². The number of hydrogen-bond donors (Lipinski definition) is 2. The molecule has 5 heteroatoms. The van der Waals surface area contributed by atoms with E-state index in [4.69, 9.17) is 16.3 Å². The van der Waals surface area contributed by atoms with Crippen molar-refractivity contribution in [2.75, 3.05) is 18.5 Å². The van der Waals surface area contributed by atoms with Crippen molar-refractivity contribution < 1.29 is 9.84 Å². The van der Waals surface area contributed by atoms with Gasteiger partial charge in [0.1, 0.15) is 18.5 Å². The Hall–Kier alpha value is -0.980. The maximum absolute atomic E-state index is 9.88. The van der Waals surface area contributed by atoms with Gasteiger partial charge in [-0.05, 0) is 65.1 Å². The summed E-state index contributed by atoms with van der Waals surface area (Å²) in [5.74, 6) is 0.697. The lowest BCUT2D eigenvalue weighted by Crippen LogP contribution is -2.26. The topological polar surface area (TPSA) is 41.5 Å². The summed E-state index contributed by atoms with van der Waals surface area (Å²) < 4.78 is 6.64. The minimum Gasteiger partial charge on any atom is -0.491 e. The van der Waals surface area contributed by atoms with Crippen molar-refractivity contribution in [1.82, 2.24) is 0 Å². The molecule has 2 aromatic rings. The number of aliphatic hydroxyl groups is 1. The fourth-order valence-electron chi connectivity index (χ4n) is 1.62. The molecule has 1 atom stereocenters. The van der Waals surface area contributed by atoms with Crippen molar-refractivity contribution in [3.63, 3.8) is 0 Å². The molecule has 0 heterocycles. The number of benzene rings is 2. The molecule has 0 aliphatic carbocycles. The molecule has 1 unspecified atom stereocenters. The molecule has 2 aromatic carbocycles. The van der Waals surface area contributed by atoms with Crippen LogP contribution in [-0.4, -0.2) is 24.4 Å². The summed E-state index contributed by atoms with van der Waals surface area (Å²) in [6, 6.07) is 15.1. The highest BCUT2D eigenvalue weighted by molar-refractivity contribution is 14.1. The first-order valence-electron chi connectivity index (χ1n) is 6.19. The van der Waals surface area contributed by atoms with Gasteiger partial charge < -0.3 is 15.2 Å². The third-order valence-electron chi connectivity index (χ3n) is 2.62. The standard InChI is InChI=1S/C15H15ClINO2/c16-11-4-6-15(7-5-11)20-10-14(19)9-18-13-3-1-2-12(17)8-13/h1-8,14,18-19H,9-10H2. The molecule has 2 N–H and O–H groups in total. The first-order valence-corrected chi connectivity index (χ1v) is 7.65. The number of anilines is 1. The van der Waals surface area contributed by atoms with Gasteiger partial charge in [-0.15, -0.1) is 0 Å². The number of hydrogen-bond acceptors (Lipinski definition) is 3. The molecule has 0 fully saturated rings. The Labute approximate surface area is 137 Å². The highest BCUT2D eigenvalue weighted by atomic mass is 127. The van der Waals surface area contributed by atoms with E-state index in [2.05, 4.69) is 27.9 Å². The van der Waals surface area contributed by atoms with Gasteiger partial charge in [0.25, 0.3) is 0 Å². The molecule has 0 aromatic heterocycles. The average Bonchev–Trinajstić information content (AvgIpc) is 2.45. The third kappa shape index (κ3) is 5.19. The van der Waals surface area contributed by atoms with E-state index in [1.807, 2.05) is 24.3 Å². The lowest BCUT2D eigenvalue weighted by Gasteiger charge is -2.14. The van der Waals surface area contributed by atoms with E-state index in [-0.39, 0.29) is 6.61 Å². The summed E-state index contributed by atoms with van der Waals surface area (Å²) in [7, 11) is 0. The van der Waals surface area contributed by atoms with Crippen molar-refractivity contribution >= 4 is 39.9 Å². The van der Waals surface area contributed by atoms with E-state index in [9.17, 15) is 5.11 Å². The monoisotopic (exact) mass is 403 g/mol. The number of rotatable bonds is 6. The normalized spacial score (nSPS) is 11.9. The van der Waals surface area contributed by atoms with Crippen molar-refractivity contribution in [3.05, 3.63) is 57.1 Å². The fraction of sp³-hybridized carbons (Fsp3) is 0.200. The Bertz CT molecular complexity index is 548. The lowest BCUT2D eigenvalue weighted by molar-refractivity contribution is 0.117. The number of nitrogens with one attached hydrogen (secondary N) is 1. The third-order valence-corrected chi connectivity index (χ3v) is 3.55. The minimum absolute atomic E-state index is 0.235. The van der Waals surface area contributed by atoms with Crippen LogP contribution in [-0.2, 0) is 0 Å². The molecule has 0 spiro atoms. The van der Waals surface area contributed by atoms with Crippen LogP contribution in [0.15, 0.2) is 48.5 Å². The van der Waals surface area contributed by atoms with Gasteiger partial charge in [0.15, 0.2) is 0 Å². The van der Waals surface area contributed by atoms with E-state index in [1.165, 1.54) is 0 Å². The SMILES string of the molecule is OC(CNc1cccc(I)c1)COc1ccc(Cl)cc1. The Morgan fingerprint density at radius 2 is 1.95 bits per heavy atom. The van der Waals surface area contributed by atoms with Gasteiger partial charge in [-0.3, -0.25) is 0 Å². The first-order chi connectivity index (χ1) is 9.63. The van der Waals surface area contributed by atoms with Crippen molar-refractivity contribution in [2.24, 2.45) is 0 Å². The zero-order valence-corrected chi connectivity index (χ0v) is 13.6.